The van der Waals surface area contributed by atoms with E-state index >= 15 is 0 Å². The van der Waals surface area contributed by atoms with Crippen LogP contribution in [0.1, 0.15) is 15.2 Å². The Kier molecular flexibility index (Phi) is 4.72. The number of hydrogen-bond donors (Lipinski definition) is 2. The lowest BCUT2D eigenvalue weighted by atomic mass is 10.2. The number of carbonyl (C=O) groups excluding carboxylic acids is 1. The van der Waals surface area contributed by atoms with Crippen molar-refractivity contribution in [2.24, 2.45) is 0 Å². The van der Waals surface area contributed by atoms with Crippen LogP contribution in [0.5, 0.6) is 5.75 Å². The molecule has 6 nitrogen and oxygen atoms in total. The van der Waals surface area contributed by atoms with E-state index in [2.05, 4.69) is 10.0 Å². The fourth-order valence-electron chi connectivity index (χ4n) is 1.85. The van der Waals surface area contributed by atoms with Crippen LogP contribution in [0.15, 0.2) is 29.6 Å². The van der Waals surface area contributed by atoms with Crippen molar-refractivity contribution in [2.75, 3.05) is 23.4 Å². The number of hydrogen-bond acceptors (Lipinski definition) is 5. The van der Waals surface area contributed by atoms with Crippen LogP contribution in [-0.2, 0) is 10.0 Å². The van der Waals surface area contributed by atoms with Gasteiger partial charge < -0.3 is 10.1 Å². The molecule has 2 aromatic rings. The van der Waals surface area contributed by atoms with Crippen molar-refractivity contribution in [3.63, 3.8) is 0 Å². The fourth-order valence-corrected chi connectivity index (χ4v) is 3.23. The molecule has 0 saturated carbocycles. The molecule has 0 spiro atoms. The van der Waals surface area contributed by atoms with Gasteiger partial charge in [-0.2, -0.15) is 0 Å². The average Bonchev–Trinajstić information content (AvgIpc) is 2.85. The van der Waals surface area contributed by atoms with Gasteiger partial charge in [0.15, 0.2) is 0 Å². The van der Waals surface area contributed by atoms with E-state index in [-0.39, 0.29) is 5.91 Å². The molecule has 0 aliphatic carbocycles. The number of amides is 1. The number of sulfonamides is 1. The summed E-state index contributed by atoms with van der Waals surface area (Å²) in [5, 5.41) is 4.62. The van der Waals surface area contributed by atoms with E-state index in [4.69, 9.17) is 4.74 Å². The largest absolute Gasteiger partial charge is 0.494 e. The normalized spacial score (nSPS) is 11.0. The van der Waals surface area contributed by atoms with Gasteiger partial charge in [0.25, 0.3) is 5.91 Å². The Morgan fingerprint density at radius 3 is 2.55 bits per heavy atom. The number of carbonyl (C=O) groups is 1. The summed E-state index contributed by atoms with van der Waals surface area (Å²) < 4.78 is 30.1. The standard InChI is InChI=1S/C14H16N2O4S2/c1-9-6-7-21-13(9)14(17)15-10-4-5-11(12(8-10)20-2)16-22(3,18)19/h4-8,16H,1-3H3,(H,15,17). The molecule has 118 valence electrons. The third kappa shape index (κ3) is 3.99. The molecule has 0 aliphatic rings. The zero-order valence-corrected chi connectivity index (χ0v) is 14.0. The highest BCUT2D eigenvalue weighted by Gasteiger charge is 2.13. The average molecular weight is 340 g/mol. The molecule has 1 aromatic carbocycles. The van der Waals surface area contributed by atoms with Gasteiger partial charge in [-0.25, -0.2) is 8.42 Å². The quantitative estimate of drug-likeness (QED) is 0.876. The maximum Gasteiger partial charge on any atom is 0.265 e. The van der Waals surface area contributed by atoms with Crippen molar-refractivity contribution in [1.29, 1.82) is 0 Å². The lowest BCUT2D eigenvalue weighted by Gasteiger charge is -2.12. The molecule has 0 fully saturated rings. The molecule has 1 aromatic heterocycles. The van der Waals surface area contributed by atoms with Gasteiger partial charge in [-0.05, 0) is 36.1 Å². The van der Waals surface area contributed by atoms with E-state index in [0.717, 1.165) is 11.8 Å². The fraction of sp³-hybridized carbons (Fsp3) is 0.214. The number of rotatable bonds is 5. The van der Waals surface area contributed by atoms with E-state index in [1.165, 1.54) is 24.5 Å². The molecule has 8 heteroatoms. The predicted octanol–water partition coefficient (Wildman–Crippen LogP) is 2.69. The first-order valence-corrected chi connectivity index (χ1v) is 9.08. The van der Waals surface area contributed by atoms with Gasteiger partial charge in [-0.15, -0.1) is 11.3 Å². The van der Waals surface area contributed by atoms with Crippen molar-refractivity contribution in [3.8, 4) is 5.75 Å². The number of benzene rings is 1. The summed E-state index contributed by atoms with van der Waals surface area (Å²) in [4.78, 5) is 12.8. The van der Waals surface area contributed by atoms with Crippen LogP contribution in [-0.4, -0.2) is 27.7 Å². The molecule has 2 N–H and O–H groups in total. The van der Waals surface area contributed by atoms with Crippen molar-refractivity contribution >= 4 is 38.6 Å². The monoisotopic (exact) mass is 340 g/mol. The summed E-state index contributed by atoms with van der Waals surface area (Å²) in [5.74, 6) is 0.115. The molecule has 0 aliphatic heterocycles. The second-order valence-corrected chi connectivity index (χ2v) is 7.34. The minimum absolute atomic E-state index is 0.210. The first-order chi connectivity index (χ1) is 10.3. The van der Waals surface area contributed by atoms with Gasteiger partial charge in [0.2, 0.25) is 10.0 Å². The Hall–Kier alpha value is -2.06. The number of nitrogens with one attached hydrogen (secondary N) is 2. The molecule has 0 radical (unpaired) electrons. The Bertz CT molecular complexity index is 797. The van der Waals surface area contributed by atoms with Gasteiger partial charge in [-0.1, -0.05) is 0 Å². The second-order valence-electron chi connectivity index (χ2n) is 4.68. The Labute approximate surface area is 133 Å². The number of methoxy groups -OCH3 is 1. The third-order valence-corrected chi connectivity index (χ3v) is 4.43. The summed E-state index contributed by atoms with van der Waals surface area (Å²) in [7, 11) is -1.97. The van der Waals surface area contributed by atoms with E-state index in [9.17, 15) is 13.2 Å². The van der Waals surface area contributed by atoms with Crippen molar-refractivity contribution < 1.29 is 17.9 Å². The van der Waals surface area contributed by atoms with E-state index in [0.29, 0.717) is 22.0 Å². The topological polar surface area (TPSA) is 84.5 Å². The van der Waals surface area contributed by atoms with Crippen LogP contribution in [0.4, 0.5) is 11.4 Å². The minimum atomic E-state index is -3.40. The second kappa shape index (κ2) is 6.37. The molecule has 2 rings (SSSR count). The minimum Gasteiger partial charge on any atom is -0.494 e. The lowest BCUT2D eigenvalue weighted by molar-refractivity contribution is 0.103. The van der Waals surface area contributed by atoms with Crippen molar-refractivity contribution in [1.82, 2.24) is 0 Å². The van der Waals surface area contributed by atoms with Crippen LogP contribution in [0.3, 0.4) is 0 Å². The zero-order chi connectivity index (χ0) is 16.3. The zero-order valence-electron chi connectivity index (χ0n) is 12.3. The smallest absolute Gasteiger partial charge is 0.265 e. The van der Waals surface area contributed by atoms with Gasteiger partial charge in [0.1, 0.15) is 5.75 Å². The predicted molar refractivity (Wildman–Crippen MR) is 88.5 cm³/mol. The number of ether oxygens (including phenoxy) is 1. The van der Waals surface area contributed by atoms with E-state index < -0.39 is 10.0 Å². The summed E-state index contributed by atoms with van der Waals surface area (Å²) in [6.45, 7) is 1.87. The Morgan fingerprint density at radius 1 is 1.27 bits per heavy atom. The molecule has 1 heterocycles. The first kappa shape index (κ1) is 16.3. The highest BCUT2D eigenvalue weighted by atomic mass is 32.2. The SMILES string of the molecule is COc1cc(NC(=O)c2sccc2C)ccc1NS(C)(=O)=O. The highest BCUT2D eigenvalue weighted by Crippen LogP contribution is 2.29. The number of anilines is 2. The number of thiophene rings is 1. The van der Waals surface area contributed by atoms with Crippen molar-refractivity contribution in [3.05, 3.63) is 40.1 Å². The molecule has 0 atom stereocenters. The van der Waals surface area contributed by atoms with Crippen LogP contribution in [0, 0.1) is 6.92 Å². The summed E-state index contributed by atoms with van der Waals surface area (Å²) >= 11 is 1.36. The third-order valence-electron chi connectivity index (χ3n) is 2.82. The molecule has 0 saturated heterocycles. The van der Waals surface area contributed by atoms with Gasteiger partial charge in [0.05, 0.1) is 23.9 Å². The Morgan fingerprint density at radius 2 is 2.00 bits per heavy atom. The van der Waals surface area contributed by atoms with Gasteiger partial charge in [0, 0.05) is 11.8 Å². The van der Waals surface area contributed by atoms with Crippen molar-refractivity contribution in [2.45, 2.75) is 6.92 Å². The van der Waals surface area contributed by atoms with Crippen LogP contribution >= 0.6 is 11.3 Å². The molecular formula is C14H16N2O4S2. The highest BCUT2D eigenvalue weighted by molar-refractivity contribution is 7.92. The number of aryl methyl sites for hydroxylation is 1. The van der Waals surface area contributed by atoms with Gasteiger partial charge >= 0.3 is 0 Å². The molecule has 0 bridgehead atoms. The van der Waals surface area contributed by atoms with Crippen LogP contribution in [0.2, 0.25) is 0 Å². The van der Waals surface area contributed by atoms with Gasteiger partial charge in [-0.3, -0.25) is 9.52 Å². The van der Waals surface area contributed by atoms with Crippen LogP contribution < -0.4 is 14.8 Å². The lowest BCUT2D eigenvalue weighted by Crippen LogP contribution is -2.13. The van der Waals surface area contributed by atoms with Crippen LogP contribution in [0.25, 0.3) is 0 Å². The molecular weight excluding hydrogens is 324 g/mol. The Balaban J connectivity index is 2.23. The van der Waals surface area contributed by atoms with E-state index in [1.54, 1.807) is 12.1 Å². The molecule has 1 amide bonds. The summed E-state index contributed by atoms with van der Waals surface area (Å²) in [6, 6.07) is 6.58. The summed E-state index contributed by atoms with van der Waals surface area (Å²) in [5.41, 5.74) is 1.74. The maximum atomic E-state index is 12.2. The summed E-state index contributed by atoms with van der Waals surface area (Å²) in [6.07, 6.45) is 1.06. The molecule has 22 heavy (non-hydrogen) atoms. The maximum absolute atomic E-state index is 12.2. The molecule has 0 unspecified atom stereocenters. The first-order valence-electron chi connectivity index (χ1n) is 6.31. The van der Waals surface area contributed by atoms with E-state index in [1.807, 2.05) is 18.4 Å².